The topological polar surface area (TPSA) is 96.0 Å². The van der Waals surface area contributed by atoms with E-state index in [0.29, 0.717) is 5.75 Å². The van der Waals surface area contributed by atoms with Gasteiger partial charge in [0.2, 0.25) is 21.8 Å². The lowest BCUT2D eigenvalue weighted by Gasteiger charge is -2.31. The Bertz CT molecular complexity index is 1030. The highest BCUT2D eigenvalue weighted by Gasteiger charge is 2.29. The number of benzene rings is 2. The van der Waals surface area contributed by atoms with Crippen molar-refractivity contribution in [3.63, 3.8) is 0 Å². The molecule has 10 heteroatoms. The van der Waals surface area contributed by atoms with E-state index in [0.717, 1.165) is 22.2 Å². The van der Waals surface area contributed by atoms with E-state index in [-0.39, 0.29) is 12.2 Å². The van der Waals surface area contributed by atoms with Crippen molar-refractivity contribution in [2.24, 2.45) is 0 Å². The van der Waals surface area contributed by atoms with Crippen LogP contribution in [0.1, 0.15) is 12.5 Å². The summed E-state index contributed by atoms with van der Waals surface area (Å²) in [6, 6.07) is 11.0. The fraction of sp³-hybridized carbons (Fsp3) is 0.333. The third-order valence-corrected chi connectivity index (χ3v) is 5.84. The van der Waals surface area contributed by atoms with Gasteiger partial charge in [0.15, 0.2) is 0 Å². The van der Waals surface area contributed by atoms with Crippen molar-refractivity contribution < 1.29 is 27.1 Å². The number of hydrogen-bond acceptors (Lipinski definition) is 5. The molecule has 31 heavy (non-hydrogen) atoms. The number of rotatable bonds is 9. The number of ether oxygens (including phenoxy) is 1. The first-order chi connectivity index (χ1) is 14.6. The third kappa shape index (κ3) is 6.42. The van der Waals surface area contributed by atoms with Crippen LogP contribution in [0.3, 0.4) is 0 Å². The van der Waals surface area contributed by atoms with Crippen molar-refractivity contribution in [1.82, 2.24) is 10.2 Å². The van der Waals surface area contributed by atoms with E-state index >= 15 is 0 Å². The molecule has 1 N–H and O–H groups in total. The number of methoxy groups -OCH3 is 1. The van der Waals surface area contributed by atoms with Gasteiger partial charge in [-0.15, -0.1) is 0 Å². The van der Waals surface area contributed by atoms with Crippen molar-refractivity contribution in [1.29, 1.82) is 0 Å². The molecule has 0 aliphatic rings. The van der Waals surface area contributed by atoms with Gasteiger partial charge in [-0.1, -0.05) is 18.2 Å². The maximum atomic E-state index is 13.7. The number of sulfonamides is 1. The first kappa shape index (κ1) is 24.1. The predicted octanol–water partition coefficient (Wildman–Crippen LogP) is 1.76. The van der Waals surface area contributed by atoms with Crippen molar-refractivity contribution in [3.8, 4) is 5.75 Å². The summed E-state index contributed by atoms with van der Waals surface area (Å²) in [7, 11) is -0.913. The lowest BCUT2D eigenvalue weighted by molar-refractivity contribution is -0.139. The molecule has 0 fully saturated rings. The zero-order valence-electron chi connectivity index (χ0n) is 17.8. The Morgan fingerprint density at radius 2 is 1.81 bits per heavy atom. The van der Waals surface area contributed by atoms with E-state index in [4.69, 9.17) is 4.74 Å². The summed E-state index contributed by atoms with van der Waals surface area (Å²) in [4.78, 5) is 26.7. The average molecular weight is 452 g/mol. The highest BCUT2D eigenvalue weighted by atomic mass is 32.2. The molecule has 0 aliphatic carbocycles. The third-order valence-electron chi connectivity index (χ3n) is 4.70. The van der Waals surface area contributed by atoms with Crippen molar-refractivity contribution >= 4 is 27.5 Å². The van der Waals surface area contributed by atoms with Gasteiger partial charge < -0.3 is 15.0 Å². The Kier molecular flexibility index (Phi) is 7.98. The lowest BCUT2D eigenvalue weighted by Crippen LogP contribution is -2.50. The normalized spacial score (nSPS) is 12.0. The molecule has 2 aromatic carbocycles. The molecule has 0 bridgehead atoms. The van der Waals surface area contributed by atoms with E-state index in [2.05, 4.69) is 5.32 Å². The molecule has 0 saturated carbocycles. The summed E-state index contributed by atoms with van der Waals surface area (Å²) in [6.07, 6.45) is 0.932. The molecule has 0 aliphatic heterocycles. The number of nitrogens with one attached hydrogen (secondary N) is 1. The van der Waals surface area contributed by atoms with Crippen molar-refractivity contribution in [3.05, 3.63) is 59.9 Å². The molecule has 2 rings (SSSR count). The Hall–Kier alpha value is -3.14. The Balaban J connectivity index is 2.36. The zero-order valence-corrected chi connectivity index (χ0v) is 18.6. The van der Waals surface area contributed by atoms with Gasteiger partial charge in [0, 0.05) is 13.6 Å². The van der Waals surface area contributed by atoms with Crippen LogP contribution in [0.4, 0.5) is 10.1 Å². The minimum atomic E-state index is -3.89. The summed E-state index contributed by atoms with van der Waals surface area (Å²) >= 11 is 0. The molecular formula is C21H26FN3O5S. The number of carbonyl (C=O) groups is 2. The van der Waals surface area contributed by atoms with Gasteiger partial charge in [0.25, 0.3) is 0 Å². The summed E-state index contributed by atoms with van der Waals surface area (Å²) in [5, 5.41) is 2.49. The molecule has 0 spiro atoms. The highest BCUT2D eigenvalue weighted by molar-refractivity contribution is 7.92. The van der Waals surface area contributed by atoms with E-state index in [1.807, 2.05) is 0 Å². The summed E-state index contributed by atoms with van der Waals surface area (Å²) in [6.45, 7) is 1.03. The number of amides is 2. The molecule has 0 heterocycles. The van der Waals surface area contributed by atoms with Gasteiger partial charge >= 0.3 is 0 Å². The first-order valence-electron chi connectivity index (χ1n) is 9.44. The van der Waals surface area contributed by atoms with E-state index in [1.165, 1.54) is 37.3 Å². The van der Waals surface area contributed by atoms with Gasteiger partial charge in [-0.2, -0.15) is 0 Å². The van der Waals surface area contributed by atoms with Crippen LogP contribution in [0, 0.1) is 5.82 Å². The smallest absolute Gasteiger partial charge is 0.244 e. The largest absolute Gasteiger partial charge is 0.497 e. The van der Waals surface area contributed by atoms with Gasteiger partial charge in [0.1, 0.15) is 24.2 Å². The second kappa shape index (κ2) is 10.3. The molecule has 8 nitrogen and oxygen atoms in total. The fourth-order valence-corrected chi connectivity index (χ4v) is 3.81. The molecule has 0 radical (unpaired) electrons. The number of carbonyl (C=O) groups excluding carboxylic acids is 2. The average Bonchev–Trinajstić information content (AvgIpc) is 2.74. The van der Waals surface area contributed by atoms with Gasteiger partial charge in [-0.05, 0) is 42.8 Å². The maximum absolute atomic E-state index is 13.7. The number of anilines is 1. The maximum Gasteiger partial charge on any atom is 0.244 e. The first-order valence-corrected chi connectivity index (χ1v) is 11.3. The molecule has 168 valence electrons. The highest BCUT2D eigenvalue weighted by Crippen LogP contribution is 2.20. The minimum Gasteiger partial charge on any atom is -0.497 e. The van der Waals surface area contributed by atoms with Crippen molar-refractivity contribution in [2.75, 3.05) is 31.3 Å². The van der Waals surface area contributed by atoms with E-state index < -0.39 is 40.2 Å². The standard InChI is InChI=1S/C21H26FN3O5S/c1-15(21(27)23-2)24(13-16-8-10-19(30-3)11-9-16)20(26)14-25(31(4,28)29)18-7-5-6-17(22)12-18/h5-12,15H,13-14H2,1-4H3,(H,23,27)/t15-/m1/s1. The van der Waals surface area contributed by atoms with Crippen LogP contribution in [0.2, 0.25) is 0 Å². The second-order valence-electron chi connectivity index (χ2n) is 6.91. The molecule has 0 unspecified atom stereocenters. The Morgan fingerprint density at radius 3 is 2.32 bits per heavy atom. The van der Waals surface area contributed by atoms with Crippen molar-refractivity contribution in [2.45, 2.75) is 19.5 Å². The van der Waals surface area contributed by atoms with Gasteiger partial charge in [-0.3, -0.25) is 13.9 Å². The fourth-order valence-electron chi connectivity index (χ4n) is 2.96. The number of likely N-dealkylation sites (N-methyl/N-ethyl adjacent to an activating group) is 1. The van der Waals surface area contributed by atoms with E-state index in [9.17, 15) is 22.4 Å². The van der Waals surface area contributed by atoms with Gasteiger partial charge in [-0.25, -0.2) is 12.8 Å². The summed E-state index contributed by atoms with van der Waals surface area (Å²) in [5.41, 5.74) is 0.745. The molecule has 2 aromatic rings. The van der Waals surface area contributed by atoms with Gasteiger partial charge in [0.05, 0.1) is 19.1 Å². The summed E-state index contributed by atoms with van der Waals surface area (Å²) < 4.78 is 44.3. The molecule has 1 atom stereocenters. The Morgan fingerprint density at radius 1 is 1.16 bits per heavy atom. The van der Waals surface area contributed by atoms with Crippen LogP contribution in [0.25, 0.3) is 0 Å². The number of nitrogens with zero attached hydrogens (tertiary/aromatic N) is 2. The monoisotopic (exact) mass is 451 g/mol. The van der Waals surface area contributed by atoms with Crippen LogP contribution >= 0.6 is 0 Å². The number of hydrogen-bond donors (Lipinski definition) is 1. The minimum absolute atomic E-state index is 0.0212. The quantitative estimate of drug-likeness (QED) is 0.627. The van der Waals surface area contributed by atoms with Crippen LogP contribution in [-0.4, -0.2) is 58.1 Å². The Labute approximate surface area is 181 Å². The molecular weight excluding hydrogens is 425 g/mol. The molecule has 0 saturated heterocycles. The van der Waals surface area contributed by atoms with Crippen LogP contribution in [-0.2, 0) is 26.2 Å². The zero-order chi connectivity index (χ0) is 23.2. The molecule has 2 amide bonds. The number of halogens is 1. The van der Waals surface area contributed by atoms with Crippen LogP contribution < -0.4 is 14.4 Å². The molecule has 0 aromatic heterocycles. The summed E-state index contributed by atoms with van der Waals surface area (Å²) in [5.74, 6) is -1.01. The second-order valence-corrected chi connectivity index (χ2v) is 8.82. The SMILES string of the molecule is CNC(=O)[C@@H](C)N(Cc1ccc(OC)cc1)C(=O)CN(c1cccc(F)c1)S(C)(=O)=O. The van der Waals surface area contributed by atoms with Crippen LogP contribution in [0.15, 0.2) is 48.5 Å². The van der Waals surface area contributed by atoms with E-state index in [1.54, 1.807) is 31.2 Å². The lowest BCUT2D eigenvalue weighted by atomic mass is 10.1. The van der Waals surface area contributed by atoms with Crippen LogP contribution in [0.5, 0.6) is 5.75 Å². The predicted molar refractivity (Wildman–Crippen MR) is 116 cm³/mol.